The summed E-state index contributed by atoms with van der Waals surface area (Å²) in [5.41, 5.74) is 3.38. The van der Waals surface area contributed by atoms with Crippen LogP contribution in [0.15, 0.2) is 54.6 Å². The molecule has 0 spiro atoms. The normalized spacial score (nSPS) is 9.13. The van der Waals surface area contributed by atoms with Gasteiger partial charge in [-0.05, 0) is 30.7 Å². The van der Waals surface area contributed by atoms with Crippen molar-refractivity contribution in [1.82, 2.24) is 0 Å². The summed E-state index contributed by atoms with van der Waals surface area (Å²) in [6.45, 7) is 2.08. The van der Waals surface area contributed by atoms with E-state index in [-0.39, 0.29) is 0 Å². The SMILES string of the molecule is Cc1ccccc1C#Cc1ccccc1. The topological polar surface area (TPSA) is 0 Å². The predicted molar refractivity (Wildman–Crippen MR) is 63.6 cm³/mol. The average Bonchev–Trinajstić information content (AvgIpc) is 2.29. The number of rotatable bonds is 0. The summed E-state index contributed by atoms with van der Waals surface area (Å²) in [5, 5.41) is 0. The van der Waals surface area contributed by atoms with E-state index in [0.717, 1.165) is 11.1 Å². The van der Waals surface area contributed by atoms with Gasteiger partial charge in [-0.25, -0.2) is 0 Å². The molecule has 0 aliphatic carbocycles. The zero-order valence-corrected chi connectivity index (χ0v) is 8.70. The average molecular weight is 192 g/mol. The lowest BCUT2D eigenvalue weighted by Crippen LogP contribution is -1.80. The van der Waals surface area contributed by atoms with Crippen LogP contribution in [0.25, 0.3) is 0 Å². The molecule has 0 unspecified atom stereocenters. The highest BCUT2D eigenvalue weighted by molar-refractivity contribution is 5.45. The van der Waals surface area contributed by atoms with E-state index in [1.165, 1.54) is 5.56 Å². The molecule has 0 aliphatic heterocycles. The lowest BCUT2D eigenvalue weighted by atomic mass is 10.1. The maximum absolute atomic E-state index is 3.18. The molecule has 0 radical (unpaired) electrons. The van der Waals surface area contributed by atoms with E-state index in [2.05, 4.69) is 24.8 Å². The minimum absolute atomic E-state index is 1.06. The molecule has 0 nitrogen and oxygen atoms in total. The number of benzene rings is 2. The van der Waals surface area contributed by atoms with E-state index in [0.29, 0.717) is 0 Å². The summed E-state index contributed by atoms with van der Waals surface area (Å²) in [7, 11) is 0. The third kappa shape index (κ3) is 2.48. The van der Waals surface area contributed by atoms with Crippen molar-refractivity contribution in [3.05, 3.63) is 71.3 Å². The Labute approximate surface area is 90.6 Å². The molecule has 2 aromatic rings. The molecule has 2 rings (SSSR count). The largest absolute Gasteiger partial charge is 0.0622 e. The first-order chi connectivity index (χ1) is 7.36. The Morgan fingerprint density at radius 3 is 2.13 bits per heavy atom. The molecule has 0 aliphatic rings. The Kier molecular flexibility index (Phi) is 2.85. The van der Waals surface area contributed by atoms with Crippen LogP contribution in [0.3, 0.4) is 0 Å². The van der Waals surface area contributed by atoms with Gasteiger partial charge in [0.1, 0.15) is 0 Å². The quantitative estimate of drug-likeness (QED) is 0.561. The van der Waals surface area contributed by atoms with E-state index in [9.17, 15) is 0 Å². The molecule has 0 heteroatoms. The zero-order valence-electron chi connectivity index (χ0n) is 8.70. The Balaban J connectivity index is 2.31. The lowest BCUT2D eigenvalue weighted by molar-refractivity contribution is 1.44. The van der Waals surface area contributed by atoms with Crippen LogP contribution in [0.1, 0.15) is 16.7 Å². The monoisotopic (exact) mass is 192 g/mol. The molecule has 0 saturated heterocycles. The molecule has 0 atom stereocenters. The first kappa shape index (κ1) is 9.55. The predicted octanol–water partition coefficient (Wildman–Crippen LogP) is 3.39. The Morgan fingerprint density at radius 1 is 0.733 bits per heavy atom. The van der Waals surface area contributed by atoms with Gasteiger partial charge in [-0.3, -0.25) is 0 Å². The first-order valence-electron chi connectivity index (χ1n) is 4.99. The van der Waals surface area contributed by atoms with Gasteiger partial charge in [-0.1, -0.05) is 48.2 Å². The highest BCUT2D eigenvalue weighted by atomic mass is 13.9. The van der Waals surface area contributed by atoms with E-state index in [1.807, 2.05) is 48.5 Å². The van der Waals surface area contributed by atoms with Gasteiger partial charge in [-0.15, -0.1) is 0 Å². The fourth-order valence-electron chi connectivity index (χ4n) is 1.37. The van der Waals surface area contributed by atoms with Crippen LogP contribution < -0.4 is 0 Å². The molecule has 0 saturated carbocycles. The molecular formula is C15H12. The molecule has 0 fully saturated rings. The van der Waals surface area contributed by atoms with E-state index in [4.69, 9.17) is 0 Å². The van der Waals surface area contributed by atoms with Crippen molar-refractivity contribution in [1.29, 1.82) is 0 Å². The highest BCUT2D eigenvalue weighted by Crippen LogP contribution is 2.05. The Hall–Kier alpha value is -2.00. The van der Waals surface area contributed by atoms with E-state index >= 15 is 0 Å². The standard InChI is InChI=1S/C15H12/c1-13-7-5-6-10-15(13)12-11-14-8-3-2-4-9-14/h2-10H,1H3. The molecule has 0 aromatic heterocycles. The second-order valence-corrected chi connectivity index (χ2v) is 3.43. The minimum Gasteiger partial charge on any atom is -0.0622 e. The van der Waals surface area contributed by atoms with Crippen LogP contribution in [0, 0.1) is 18.8 Å². The van der Waals surface area contributed by atoms with Crippen molar-refractivity contribution < 1.29 is 0 Å². The summed E-state index contributed by atoms with van der Waals surface area (Å²) in [4.78, 5) is 0. The third-order valence-corrected chi connectivity index (χ3v) is 2.26. The molecule has 2 aromatic carbocycles. The third-order valence-electron chi connectivity index (χ3n) is 2.26. The molecule has 0 bridgehead atoms. The van der Waals surface area contributed by atoms with Crippen molar-refractivity contribution in [3.8, 4) is 11.8 Å². The van der Waals surface area contributed by atoms with Gasteiger partial charge in [0.2, 0.25) is 0 Å². The molecule has 0 heterocycles. The van der Waals surface area contributed by atoms with Gasteiger partial charge >= 0.3 is 0 Å². The van der Waals surface area contributed by atoms with Gasteiger partial charge in [-0.2, -0.15) is 0 Å². The summed E-state index contributed by atoms with van der Waals surface area (Å²) < 4.78 is 0. The van der Waals surface area contributed by atoms with Crippen molar-refractivity contribution in [3.63, 3.8) is 0 Å². The lowest BCUT2D eigenvalue weighted by Gasteiger charge is -1.94. The van der Waals surface area contributed by atoms with Crippen molar-refractivity contribution in [2.45, 2.75) is 6.92 Å². The molecular weight excluding hydrogens is 180 g/mol. The fourth-order valence-corrected chi connectivity index (χ4v) is 1.37. The van der Waals surface area contributed by atoms with Crippen molar-refractivity contribution >= 4 is 0 Å². The molecule has 72 valence electrons. The smallest absolute Gasteiger partial charge is 0.0278 e. The summed E-state index contributed by atoms with van der Waals surface area (Å²) in [6.07, 6.45) is 0. The number of hydrogen-bond acceptors (Lipinski definition) is 0. The summed E-state index contributed by atoms with van der Waals surface area (Å²) in [5.74, 6) is 6.33. The number of aryl methyl sites for hydroxylation is 1. The van der Waals surface area contributed by atoms with Gasteiger partial charge in [0, 0.05) is 11.1 Å². The minimum atomic E-state index is 1.06. The Bertz CT molecular complexity index is 498. The maximum atomic E-state index is 3.18. The van der Waals surface area contributed by atoms with Crippen LogP contribution in [-0.4, -0.2) is 0 Å². The second kappa shape index (κ2) is 4.48. The maximum Gasteiger partial charge on any atom is 0.0278 e. The summed E-state index contributed by atoms with van der Waals surface area (Å²) >= 11 is 0. The van der Waals surface area contributed by atoms with Crippen LogP contribution in [0.5, 0.6) is 0 Å². The van der Waals surface area contributed by atoms with Crippen molar-refractivity contribution in [2.24, 2.45) is 0 Å². The Morgan fingerprint density at radius 2 is 1.40 bits per heavy atom. The van der Waals surface area contributed by atoms with Crippen LogP contribution >= 0.6 is 0 Å². The van der Waals surface area contributed by atoms with Gasteiger partial charge < -0.3 is 0 Å². The molecule has 15 heavy (non-hydrogen) atoms. The van der Waals surface area contributed by atoms with Gasteiger partial charge in [0.05, 0.1) is 0 Å². The first-order valence-corrected chi connectivity index (χ1v) is 4.99. The molecule has 0 N–H and O–H groups in total. The highest BCUT2D eigenvalue weighted by Gasteiger charge is 1.90. The summed E-state index contributed by atoms with van der Waals surface area (Å²) in [6, 6.07) is 18.2. The van der Waals surface area contributed by atoms with E-state index in [1.54, 1.807) is 0 Å². The molecule has 0 amide bonds. The van der Waals surface area contributed by atoms with Gasteiger partial charge in [0.25, 0.3) is 0 Å². The van der Waals surface area contributed by atoms with Gasteiger partial charge in [0.15, 0.2) is 0 Å². The second-order valence-electron chi connectivity index (χ2n) is 3.43. The van der Waals surface area contributed by atoms with E-state index < -0.39 is 0 Å². The zero-order chi connectivity index (χ0) is 10.5. The number of hydrogen-bond donors (Lipinski definition) is 0. The van der Waals surface area contributed by atoms with Crippen LogP contribution in [0.2, 0.25) is 0 Å². The van der Waals surface area contributed by atoms with Crippen molar-refractivity contribution in [2.75, 3.05) is 0 Å². The van der Waals surface area contributed by atoms with Crippen LogP contribution in [0.4, 0.5) is 0 Å². The van der Waals surface area contributed by atoms with Crippen LogP contribution in [-0.2, 0) is 0 Å². The fraction of sp³-hybridized carbons (Fsp3) is 0.0667.